The Morgan fingerprint density at radius 3 is 2.55 bits per heavy atom. The molecule has 4 heteroatoms. The smallest absolute Gasteiger partial charge is 0.142 e. The molecule has 0 spiro atoms. The molecule has 0 bridgehead atoms. The lowest BCUT2D eigenvalue weighted by Crippen LogP contribution is -2.47. The van der Waals surface area contributed by atoms with E-state index in [-0.39, 0.29) is 0 Å². The lowest BCUT2D eigenvalue weighted by atomic mass is 10.3. The van der Waals surface area contributed by atoms with Gasteiger partial charge in [0, 0.05) is 38.8 Å². The molecule has 0 aromatic heterocycles. The molecule has 0 amide bonds. The van der Waals surface area contributed by atoms with Crippen LogP contribution >= 0.6 is 0 Å². The summed E-state index contributed by atoms with van der Waals surface area (Å²) in [6.07, 6.45) is 3.91. The van der Waals surface area contributed by atoms with Gasteiger partial charge in [0.25, 0.3) is 0 Å². The Labute approximate surface area is 121 Å². The van der Waals surface area contributed by atoms with Gasteiger partial charge >= 0.3 is 0 Å². The molecular formula is C16H25N3O. The summed E-state index contributed by atoms with van der Waals surface area (Å²) in [5.41, 5.74) is 6.58. The van der Waals surface area contributed by atoms with Gasteiger partial charge < -0.3 is 15.4 Å². The van der Waals surface area contributed by atoms with E-state index in [4.69, 9.17) is 10.5 Å². The number of ether oxygens (including phenoxy) is 1. The van der Waals surface area contributed by atoms with Crippen LogP contribution in [0.25, 0.3) is 0 Å². The molecule has 1 aliphatic heterocycles. The monoisotopic (exact) mass is 275 g/mol. The second kappa shape index (κ2) is 6.46. The predicted octanol–water partition coefficient (Wildman–Crippen LogP) is 1.82. The highest BCUT2D eigenvalue weighted by molar-refractivity contribution is 5.51. The molecule has 2 fully saturated rings. The zero-order valence-electron chi connectivity index (χ0n) is 12.1. The maximum Gasteiger partial charge on any atom is 0.142 e. The van der Waals surface area contributed by atoms with Crippen LogP contribution < -0.4 is 10.5 Å². The van der Waals surface area contributed by atoms with Crippen LogP contribution in [0.1, 0.15) is 19.3 Å². The van der Waals surface area contributed by atoms with Crippen LogP contribution in [-0.4, -0.2) is 55.2 Å². The van der Waals surface area contributed by atoms with Crippen molar-refractivity contribution in [3.63, 3.8) is 0 Å². The predicted molar refractivity (Wildman–Crippen MR) is 82.0 cm³/mol. The van der Waals surface area contributed by atoms with E-state index in [1.54, 1.807) is 0 Å². The molecule has 0 radical (unpaired) electrons. The average molecular weight is 275 g/mol. The molecule has 1 aromatic carbocycles. The minimum absolute atomic E-state index is 0.727. The zero-order chi connectivity index (χ0) is 13.8. The molecule has 1 saturated heterocycles. The van der Waals surface area contributed by atoms with Crippen LogP contribution in [0.4, 0.5) is 5.69 Å². The summed E-state index contributed by atoms with van der Waals surface area (Å²) < 4.78 is 5.74. The van der Waals surface area contributed by atoms with Crippen molar-refractivity contribution in [2.75, 3.05) is 45.1 Å². The lowest BCUT2D eigenvalue weighted by Gasteiger charge is -2.34. The van der Waals surface area contributed by atoms with Crippen LogP contribution in [0, 0.1) is 0 Å². The van der Waals surface area contributed by atoms with E-state index in [2.05, 4.69) is 9.80 Å². The van der Waals surface area contributed by atoms with Gasteiger partial charge in [0.1, 0.15) is 5.75 Å². The Morgan fingerprint density at radius 1 is 1.10 bits per heavy atom. The van der Waals surface area contributed by atoms with E-state index in [0.717, 1.165) is 37.1 Å². The highest BCUT2D eigenvalue weighted by Crippen LogP contribution is 2.27. The van der Waals surface area contributed by atoms with Gasteiger partial charge in [-0.05, 0) is 31.4 Å². The first-order valence-corrected chi connectivity index (χ1v) is 7.76. The summed E-state index contributed by atoms with van der Waals surface area (Å²) in [7, 11) is 0. The molecule has 4 nitrogen and oxygen atoms in total. The molecular weight excluding hydrogens is 250 g/mol. The molecule has 20 heavy (non-hydrogen) atoms. The highest BCUT2D eigenvalue weighted by atomic mass is 16.5. The van der Waals surface area contributed by atoms with Gasteiger partial charge in [-0.1, -0.05) is 12.1 Å². The van der Waals surface area contributed by atoms with Crippen LogP contribution in [0.5, 0.6) is 5.75 Å². The SMILES string of the molecule is Nc1ccccc1OCCCN1CCN(C2CC2)CC1. The Bertz CT molecular complexity index is 425. The number of anilines is 1. The number of nitrogens with two attached hydrogens (primary N) is 1. The Morgan fingerprint density at radius 2 is 1.85 bits per heavy atom. The summed E-state index contributed by atoms with van der Waals surface area (Å²) in [5.74, 6) is 0.811. The van der Waals surface area contributed by atoms with Crippen molar-refractivity contribution in [3.8, 4) is 5.75 Å². The van der Waals surface area contributed by atoms with E-state index in [1.807, 2.05) is 24.3 Å². The molecule has 3 rings (SSSR count). The fourth-order valence-corrected chi connectivity index (χ4v) is 2.87. The van der Waals surface area contributed by atoms with Gasteiger partial charge in [-0.3, -0.25) is 4.90 Å². The number of rotatable bonds is 6. The van der Waals surface area contributed by atoms with Gasteiger partial charge in [0.2, 0.25) is 0 Å². The highest BCUT2D eigenvalue weighted by Gasteiger charge is 2.30. The van der Waals surface area contributed by atoms with Crippen molar-refractivity contribution in [1.29, 1.82) is 0 Å². The molecule has 1 saturated carbocycles. The van der Waals surface area contributed by atoms with Gasteiger partial charge in [0.05, 0.1) is 12.3 Å². The van der Waals surface area contributed by atoms with Crippen LogP contribution in [0.3, 0.4) is 0 Å². The minimum atomic E-state index is 0.727. The van der Waals surface area contributed by atoms with E-state index in [1.165, 1.54) is 39.0 Å². The Kier molecular flexibility index (Phi) is 4.43. The molecule has 1 aromatic rings. The molecule has 1 heterocycles. The van der Waals surface area contributed by atoms with Gasteiger partial charge in [-0.2, -0.15) is 0 Å². The molecule has 1 aliphatic carbocycles. The van der Waals surface area contributed by atoms with E-state index in [9.17, 15) is 0 Å². The van der Waals surface area contributed by atoms with E-state index in [0.29, 0.717) is 0 Å². The standard InChI is InChI=1S/C16H25N3O/c17-15-4-1-2-5-16(15)20-13-3-8-18-9-11-19(12-10-18)14-6-7-14/h1-2,4-5,14H,3,6-13,17H2. The van der Waals surface area contributed by atoms with Crippen molar-refractivity contribution in [3.05, 3.63) is 24.3 Å². The Hall–Kier alpha value is -1.26. The lowest BCUT2D eigenvalue weighted by molar-refractivity contribution is 0.121. The van der Waals surface area contributed by atoms with Crippen molar-refractivity contribution in [2.45, 2.75) is 25.3 Å². The molecule has 110 valence electrons. The largest absolute Gasteiger partial charge is 0.491 e. The minimum Gasteiger partial charge on any atom is -0.491 e. The third-order valence-electron chi connectivity index (χ3n) is 4.27. The second-order valence-corrected chi connectivity index (χ2v) is 5.85. The van der Waals surface area contributed by atoms with Crippen molar-refractivity contribution >= 4 is 5.69 Å². The number of hydrogen-bond donors (Lipinski definition) is 1. The first kappa shape index (κ1) is 13.7. The van der Waals surface area contributed by atoms with E-state index < -0.39 is 0 Å². The molecule has 0 unspecified atom stereocenters. The molecule has 2 N–H and O–H groups in total. The first-order chi connectivity index (χ1) is 9.83. The first-order valence-electron chi connectivity index (χ1n) is 7.76. The average Bonchev–Trinajstić information content (AvgIpc) is 3.31. The topological polar surface area (TPSA) is 41.7 Å². The van der Waals surface area contributed by atoms with Crippen molar-refractivity contribution in [2.24, 2.45) is 0 Å². The van der Waals surface area contributed by atoms with Gasteiger partial charge in [0.15, 0.2) is 0 Å². The number of hydrogen-bond acceptors (Lipinski definition) is 4. The number of benzene rings is 1. The number of nitrogens with zero attached hydrogens (tertiary/aromatic N) is 2. The van der Waals surface area contributed by atoms with Crippen molar-refractivity contribution in [1.82, 2.24) is 9.80 Å². The number of para-hydroxylation sites is 2. The van der Waals surface area contributed by atoms with Crippen LogP contribution in [0.15, 0.2) is 24.3 Å². The van der Waals surface area contributed by atoms with Gasteiger partial charge in [-0.25, -0.2) is 0 Å². The summed E-state index contributed by atoms with van der Waals surface area (Å²) in [6.45, 7) is 6.80. The summed E-state index contributed by atoms with van der Waals surface area (Å²) in [5, 5.41) is 0. The van der Waals surface area contributed by atoms with E-state index >= 15 is 0 Å². The van der Waals surface area contributed by atoms with Crippen LogP contribution in [-0.2, 0) is 0 Å². The normalized spacial score (nSPS) is 21.0. The fourth-order valence-electron chi connectivity index (χ4n) is 2.87. The maximum atomic E-state index is 5.85. The summed E-state index contributed by atoms with van der Waals surface area (Å²) >= 11 is 0. The Balaban J connectivity index is 1.31. The third-order valence-corrected chi connectivity index (χ3v) is 4.27. The number of nitrogen functional groups attached to an aromatic ring is 1. The van der Waals surface area contributed by atoms with Crippen molar-refractivity contribution < 1.29 is 4.74 Å². The number of piperazine rings is 1. The molecule has 2 aliphatic rings. The zero-order valence-corrected chi connectivity index (χ0v) is 12.1. The third kappa shape index (κ3) is 3.64. The fraction of sp³-hybridized carbons (Fsp3) is 0.625. The second-order valence-electron chi connectivity index (χ2n) is 5.85. The van der Waals surface area contributed by atoms with Gasteiger partial charge in [-0.15, -0.1) is 0 Å². The summed E-state index contributed by atoms with van der Waals surface area (Å²) in [6, 6.07) is 8.63. The van der Waals surface area contributed by atoms with Crippen LogP contribution in [0.2, 0.25) is 0 Å². The quantitative estimate of drug-likeness (QED) is 0.635. The molecule has 0 atom stereocenters. The summed E-state index contributed by atoms with van der Waals surface area (Å²) in [4.78, 5) is 5.20. The maximum absolute atomic E-state index is 5.85.